The van der Waals surface area contributed by atoms with Crippen LogP contribution in [0.4, 0.5) is 8.78 Å². The molecule has 0 aliphatic rings. The van der Waals surface area contributed by atoms with Crippen molar-refractivity contribution in [3.63, 3.8) is 0 Å². The highest BCUT2D eigenvalue weighted by molar-refractivity contribution is 6.34. The fourth-order valence-corrected chi connectivity index (χ4v) is 3.56. The van der Waals surface area contributed by atoms with Gasteiger partial charge in [0.1, 0.15) is 11.5 Å². The summed E-state index contributed by atoms with van der Waals surface area (Å²) in [4.78, 5) is 12.7. The Bertz CT molecular complexity index is 1070. The van der Waals surface area contributed by atoms with E-state index in [9.17, 15) is 18.7 Å². The Morgan fingerprint density at radius 1 is 1.17 bits per heavy atom. The normalized spacial score (nSPS) is 12.1. The summed E-state index contributed by atoms with van der Waals surface area (Å²) in [5, 5.41) is 17.9. The van der Waals surface area contributed by atoms with E-state index in [-0.39, 0.29) is 17.8 Å². The van der Waals surface area contributed by atoms with Crippen LogP contribution in [0.1, 0.15) is 33.4 Å². The lowest BCUT2D eigenvalue weighted by atomic mass is 10.1. The van der Waals surface area contributed by atoms with E-state index in [4.69, 9.17) is 23.2 Å². The van der Waals surface area contributed by atoms with Crippen LogP contribution in [0.25, 0.3) is 5.69 Å². The van der Waals surface area contributed by atoms with Gasteiger partial charge in [0.2, 0.25) is 0 Å². The molecule has 152 valence electrons. The van der Waals surface area contributed by atoms with Crippen LogP contribution in [-0.2, 0) is 0 Å². The van der Waals surface area contributed by atoms with Gasteiger partial charge in [-0.15, -0.1) is 0 Å². The van der Waals surface area contributed by atoms with Crippen molar-refractivity contribution in [2.24, 2.45) is 0 Å². The fourth-order valence-electron chi connectivity index (χ4n) is 3.02. The monoisotopic (exact) mass is 439 g/mol. The van der Waals surface area contributed by atoms with E-state index in [0.717, 1.165) is 12.1 Å². The zero-order chi connectivity index (χ0) is 21.3. The number of aliphatic hydroxyl groups excluding tert-OH is 1. The van der Waals surface area contributed by atoms with E-state index in [0.29, 0.717) is 27.0 Å². The van der Waals surface area contributed by atoms with Gasteiger partial charge in [0, 0.05) is 22.7 Å². The number of benzene rings is 2. The molecule has 1 aromatic heterocycles. The molecule has 0 fully saturated rings. The summed E-state index contributed by atoms with van der Waals surface area (Å²) in [5.74, 6) is -1.99. The van der Waals surface area contributed by atoms with Crippen LogP contribution in [0, 0.1) is 25.5 Å². The Kier molecular flexibility index (Phi) is 6.21. The molecule has 29 heavy (non-hydrogen) atoms. The number of carbonyl (C=O) groups excluding carboxylic acids is 1. The topological polar surface area (TPSA) is 67.2 Å². The Balaban J connectivity index is 1.80. The number of aryl methyl sites for hydroxylation is 1. The Morgan fingerprint density at radius 3 is 2.45 bits per heavy atom. The van der Waals surface area contributed by atoms with Gasteiger partial charge in [-0.25, -0.2) is 13.5 Å². The van der Waals surface area contributed by atoms with Crippen LogP contribution in [-0.4, -0.2) is 27.3 Å². The first-order valence-electron chi connectivity index (χ1n) is 8.61. The number of hydrogen-bond donors (Lipinski definition) is 2. The third kappa shape index (κ3) is 4.58. The Labute approximate surface area is 175 Å². The maximum Gasteiger partial charge on any atom is 0.255 e. The molecule has 0 aliphatic carbocycles. The van der Waals surface area contributed by atoms with Crippen molar-refractivity contribution < 1.29 is 18.7 Å². The molecule has 0 radical (unpaired) electrons. The van der Waals surface area contributed by atoms with Crippen molar-refractivity contribution in [3.05, 3.63) is 80.6 Å². The molecule has 2 N–H and O–H groups in total. The largest absolute Gasteiger partial charge is 0.387 e. The van der Waals surface area contributed by atoms with Gasteiger partial charge in [-0.05, 0) is 49.7 Å². The minimum atomic E-state index is -1.03. The van der Waals surface area contributed by atoms with Gasteiger partial charge in [0.25, 0.3) is 5.91 Å². The molecule has 0 saturated carbocycles. The molecule has 1 unspecified atom stereocenters. The predicted molar refractivity (Wildman–Crippen MR) is 107 cm³/mol. The maximum atomic E-state index is 14.1. The second-order valence-electron chi connectivity index (χ2n) is 6.48. The number of aromatic nitrogens is 2. The van der Waals surface area contributed by atoms with Gasteiger partial charge in [0.05, 0.1) is 23.1 Å². The number of nitrogens with one attached hydrogen (secondary N) is 1. The van der Waals surface area contributed by atoms with Crippen molar-refractivity contribution in [2.45, 2.75) is 20.0 Å². The summed E-state index contributed by atoms with van der Waals surface area (Å²) in [6.45, 7) is 3.11. The molecule has 0 aliphatic heterocycles. The molecular formula is C20H17Cl2F2N3O2. The van der Waals surface area contributed by atoms with E-state index in [1.54, 1.807) is 26.0 Å². The summed E-state index contributed by atoms with van der Waals surface area (Å²) in [6.07, 6.45) is -1.03. The van der Waals surface area contributed by atoms with Gasteiger partial charge in [-0.3, -0.25) is 4.79 Å². The predicted octanol–water partition coefficient (Wildman–Crippen LogP) is 4.54. The number of hydrogen-bond acceptors (Lipinski definition) is 3. The highest BCUT2D eigenvalue weighted by atomic mass is 35.5. The highest BCUT2D eigenvalue weighted by Crippen LogP contribution is 2.24. The first-order valence-corrected chi connectivity index (χ1v) is 9.37. The van der Waals surface area contributed by atoms with E-state index in [1.165, 1.54) is 16.8 Å². The Morgan fingerprint density at radius 2 is 1.83 bits per heavy atom. The van der Waals surface area contributed by atoms with Crippen molar-refractivity contribution in [2.75, 3.05) is 6.54 Å². The van der Waals surface area contributed by atoms with E-state index >= 15 is 0 Å². The quantitative estimate of drug-likeness (QED) is 0.613. The highest BCUT2D eigenvalue weighted by Gasteiger charge is 2.22. The van der Waals surface area contributed by atoms with Crippen LogP contribution in [0.5, 0.6) is 0 Å². The van der Waals surface area contributed by atoms with Gasteiger partial charge < -0.3 is 10.4 Å². The molecule has 0 saturated heterocycles. The SMILES string of the molecule is Cc1nn(-c2ccc(F)cc2F)c(C)c1C(=O)NCC(O)c1cc(Cl)cc(Cl)c1. The maximum absolute atomic E-state index is 14.1. The second kappa shape index (κ2) is 8.49. The number of nitrogens with zero attached hydrogens (tertiary/aromatic N) is 2. The molecule has 1 amide bonds. The number of carbonyl (C=O) groups is 1. The van der Waals surface area contributed by atoms with Crippen LogP contribution in [0.15, 0.2) is 36.4 Å². The minimum Gasteiger partial charge on any atom is -0.387 e. The van der Waals surface area contributed by atoms with E-state index < -0.39 is 23.6 Å². The number of aliphatic hydroxyl groups is 1. The number of halogens is 4. The molecule has 3 aromatic rings. The third-order valence-electron chi connectivity index (χ3n) is 4.38. The zero-order valence-electron chi connectivity index (χ0n) is 15.5. The summed E-state index contributed by atoms with van der Waals surface area (Å²) in [5.41, 5.74) is 1.47. The van der Waals surface area contributed by atoms with Crippen molar-refractivity contribution in [1.29, 1.82) is 0 Å². The van der Waals surface area contributed by atoms with Gasteiger partial charge in [-0.2, -0.15) is 5.10 Å². The van der Waals surface area contributed by atoms with Crippen LogP contribution < -0.4 is 5.32 Å². The molecule has 5 nitrogen and oxygen atoms in total. The molecule has 1 heterocycles. The standard InChI is InChI=1S/C20H17Cl2F2N3O2/c1-10-19(11(2)27(26-10)17-4-3-15(23)8-16(17)24)20(29)25-9-18(28)12-5-13(21)7-14(22)6-12/h3-8,18,28H,9H2,1-2H3,(H,25,29). The van der Waals surface area contributed by atoms with Crippen molar-refractivity contribution in [3.8, 4) is 5.69 Å². The average Bonchev–Trinajstić information content (AvgIpc) is 2.93. The fraction of sp³-hybridized carbons (Fsp3) is 0.200. The number of rotatable bonds is 5. The lowest BCUT2D eigenvalue weighted by molar-refractivity contribution is 0.0915. The molecule has 9 heteroatoms. The third-order valence-corrected chi connectivity index (χ3v) is 4.82. The van der Waals surface area contributed by atoms with Crippen molar-refractivity contribution >= 4 is 29.1 Å². The summed E-state index contributed by atoms with van der Waals surface area (Å²) in [6, 6.07) is 7.75. The smallest absolute Gasteiger partial charge is 0.255 e. The minimum absolute atomic E-state index is 0.0275. The zero-order valence-corrected chi connectivity index (χ0v) is 17.0. The van der Waals surface area contributed by atoms with E-state index in [2.05, 4.69) is 10.4 Å². The summed E-state index contributed by atoms with van der Waals surface area (Å²) in [7, 11) is 0. The molecular weight excluding hydrogens is 423 g/mol. The van der Waals surface area contributed by atoms with Gasteiger partial charge in [-0.1, -0.05) is 23.2 Å². The van der Waals surface area contributed by atoms with Crippen LogP contribution in [0.2, 0.25) is 10.0 Å². The van der Waals surface area contributed by atoms with E-state index in [1.807, 2.05) is 0 Å². The first-order chi connectivity index (χ1) is 13.7. The molecule has 2 aromatic carbocycles. The number of amides is 1. The average molecular weight is 440 g/mol. The van der Waals surface area contributed by atoms with Crippen LogP contribution in [0.3, 0.4) is 0 Å². The Hall–Kier alpha value is -2.48. The lowest BCUT2D eigenvalue weighted by Crippen LogP contribution is -2.29. The first kappa shape index (κ1) is 21.2. The van der Waals surface area contributed by atoms with Crippen molar-refractivity contribution in [1.82, 2.24) is 15.1 Å². The van der Waals surface area contributed by atoms with Gasteiger partial charge in [0.15, 0.2) is 5.82 Å². The molecule has 0 spiro atoms. The van der Waals surface area contributed by atoms with Gasteiger partial charge >= 0.3 is 0 Å². The molecule has 1 atom stereocenters. The lowest BCUT2D eigenvalue weighted by Gasteiger charge is -2.13. The molecule has 0 bridgehead atoms. The molecule has 3 rings (SSSR count). The summed E-state index contributed by atoms with van der Waals surface area (Å²) >= 11 is 11.9. The second-order valence-corrected chi connectivity index (χ2v) is 7.35. The van der Waals surface area contributed by atoms with Crippen LogP contribution >= 0.6 is 23.2 Å². The summed E-state index contributed by atoms with van der Waals surface area (Å²) < 4.78 is 28.5.